The number of benzene rings is 1. The van der Waals surface area contributed by atoms with Crippen molar-refractivity contribution in [2.24, 2.45) is 4.99 Å². The number of amides is 1. The first-order valence-corrected chi connectivity index (χ1v) is 7.80. The minimum Gasteiger partial charge on any atom is -0.462 e. The molecule has 0 saturated carbocycles. The third-order valence-electron chi connectivity index (χ3n) is 3.38. The van der Waals surface area contributed by atoms with E-state index < -0.39 is 5.97 Å². The Bertz CT molecular complexity index is 720. The Hall–Kier alpha value is -2.89. The van der Waals surface area contributed by atoms with Gasteiger partial charge in [0.1, 0.15) is 11.4 Å². The maximum Gasteiger partial charge on any atom is 0.343 e. The van der Waals surface area contributed by atoms with Gasteiger partial charge in [0.25, 0.3) is 0 Å². The molecular formula is C18H21N3O3. The third kappa shape index (κ3) is 4.10. The van der Waals surface area contributed by atoms with Crippen LogP contribution in [0.25, 0.3) is 0 Å². The van der Waals surface area contributed by atoms with Crippen LogP contribution in [0.1, 0.15) is 26.7 Å². The molecule has 0 aliphatic carbocycles. The Morgan fingerprint density at radius 2 is 2.12 bits per heavy atom. The van der Waals surface area contributed by atoms with E-state index in [1.807, 2.05) is 18.2 Å². The Labute approximate surface area is 141 Å². The van der Waals surface area contributed by atoms with Crippen LogP contribution in [0.2, 0.25) is 0 Å². The van der Waals surface area contributed by atoms with E-state index in [-0.39, 0.29) is 30.3 Å². The van der Waals surface area contributed by atoms with Crippen LogP contribution >= 0.6 is 0 Å². The first-order chi connectivity index (χ1) is 11.6. The van der Waals surface area contributed by atoms with E-state index in [2.05, 4.69) is 22.2 Å². The summed E-state index contributed by atoms with van der Waals surface area (Å²) < 4.78 is 5.11. The molecule has 0 aromatic heterocycles. The van der Waals surface area contributed by atoms with Gasteiger partial charge in [-0.15, -0.1) is 6.58 Å². The minimum absolute atomic E-state index is 0.192. The molecule has 24 heavy (non-hydrogen) atoms. The van der Waals surface area contributed by atoms with Gasteiger partial charge in [0.2, 0.25) is 5.91 Å². The molecule has 1 aliphatic rings. The van der Waals surface area contributed by atoms with Gasteiger partial charge in [0, 0.05) is 12.1 Å². The first kappa shape index (κ1) is 17.5. The molecule has 2 N–H and O–H groups in total. The van der Waals surface area contributed by atoms with Gasteiger partial charge in [-0.05, 0) is 32.4 Å². The van der Waals surface area contributed by atoms with Crippen LogP contribution in [0.15, 0.2) is 53.2 Å². The molecule has 6 nitrogen and oxygen atoms in total. The van der Waals surface area contributed by atoms with E-state index in [4.69, 9.17) is 4.74 Å². The van der Waals surface area contributed by atoms with E-state index in [0.717, 1.165) is 5.69 Å². The van der Waals surface area contributed by atoms with Crippen molar-refractivity contribution in [1.82, 2.24) is 5.32 Å². The molecule has 0 radical (unpaired) electrons. The molecule has 0 spiro atoms. The zero-order valence-corrected chi connectivity index (χ0v) is 13.9. The summed E-state index contributed by atoms with van der Waals surface area (Å²) in [6.45, 7) is 7.31. The monoisotopic (exact) mass is 327 g/mol. The number of amidine groups is 1. The summed E-state index contributed by atoms with van der Waals surface area (Å²) in [7, 11) is 0. The van der Waals surface area contributed by atoms with Crippen molar-refractivity contribution < 1.29 is 14.3 Å². The fourth-order valence-corrected chi connectivity index (χ4v) is 2.27. The number of esters is 1. The van der Waals surface area contributed by atoms with Crippen LogP contribution < -0.4 is 10.6 Å². The summed E-state index contributed by atoms with van der Waals surface area (Å²) >= 11 is 0. The second-order valence-electron chi connectivity index (χ2n) is 5.20. The molecule has 0 unspecified atom stereocenters. The number of carbonyl (C=O) groups excluding carboxylic acids is 2. The van der Waals surface area contributed by atoms with E-state index in [1.165, 1.54) is 0 Å². The zero-order chi connectivity index (χ0) is 17.5. The number of hydrogen-bond acceptors (Lipinski definition) is 5. The second-order valence-corrected chi connectivity index (χ2v) is 5.20. The van der Waals surface area contributed by atoms with Crippen molar-refractivity contribution in [2.75, 3.05) is 11.9 Å². The topological polar surface area (TPSA) is 79.8 Å². The molecule has 0 saturated heterocycles. The standard InChI is InChI=1S/C18H21N3O3/c1-4-6-11-15(22)21-17-16(18(23)24-5-2)12(3)19-13-9-7-8-10-14(13)20-17/h4,7-10,19H,1,5-6,11H2,2-3H3,(H,20,21,22). The number of nitrogens with zero attached hydrogens (tertiary/aromatic N) is 1. The Balaban J connectivity index is 2.43. The largest absolute Gasteiger partial charge is 0.462 e. The number of para-hydroxylation sites is 2. The van der Waals surface area contributed by atoms with Crippen molar-refractivity contribution in [3.8, 4) is 0 Å². The van der Waals surface area contributed by atoms with Gasteiger partial charge in [-0.25, -0.2) is 9.79 Å². The highest BCUT2D eigenvalue weighted by Crippen LogP contribution is 2.30. The summed E-state index contributed by atoms with van der Waals surface area (Å²) in [6.07, 6.45) is 2.48. The van der Waals surface area contributed by atoms with Crippen molar-refractivity contribution in [3.05, 3.63) is 48.2 Å². The molecule has 126 valence electrons. The van der Waals surface area contributed by atoms with Gasteiger partial charge in [0.05, 0.1) is 18.0 Å². The quantitative estimate of drug-likeness (QED) is 0.643. The summed E-state index contributed by atoms with van der Waals surface area (Å²) in [5.74, 6) is -0.571. The first-order valence-electron chi connectivity index (χ1n) is 7.80. The predicted octanol–water partition coefficient (Wildman–Crippen LogP) is 3.06. The van der Waals surface area contributed by atoms with Gasteiger partial charge >= 0.3 is 5.97 Å². The summed E-state index contributed by atoms with van der Waals surface area (Å²) in [5, 5.41) is 5.87. The van der Waals surface area contributed by atoms with Crippen LogP contribution in [-0.2, 0) is 14.3 Å². The highest BCUT2D eigenvalue weighted by Gasteiger charge is 2.25. The maximum atomic E-state index is 12.3. The van der Waals surface area contributed by atoms with Crippen molar-refractivity contribution >= 4 is 29.1 Å². The van der Waals surface area contributed by atoms with E-state index in [9.17, 15) is 9.59 Å². The van der Waals surface area contributed by atoms with E-state index in [1.54, 1.807) is 26.0 Å². The molecule has 0 bridgehead atoms. The highest BCUT2D eigenvalue weighted by molar-refractivity contribution is 6.24. The van der Waals surface area contributed by atoms with Gasteiger partial charge in [-0.2, -0.15) is 0 Å². The van der Waals surface area contributed by atoms with Crippen LogP contribution in [0.4, 0.5) is 11.4 Å². The highest BCUT2D eigenvalue weighted by atomic mass is 16.5. The molecule has 2 rings (SSSR count). The molecular weight excluding hydrogens is 306 g/mol. The van der Waals surface area contributed by atoms with Crippen LogP contribution in [0.3, 0.4) is 0 Å². The number of hydrogen-bond donors (Lipinski definition) is 2. The van der Waals surface area contributed by atoms with Gasteiger partial charge < -0.3 is 15.4 Å². The van der Waals surface area contributed by atoms with Crippen LogP contribution in [0.5, 0.6) is 0 Å². The normalized spacial score (nSPS) is 13.2. The summed E-state index contributed by atoms with van der Waals surface area (Å²) in [5.41, 5.74) is 2.18. The smallest absolute Gasteiger partial charge is 0.343 e. The lowest BCUT2D eigenvalue weighted by Crippen LogP contribution is -2.35. The summed E-state index contributed by atoms with van der Waals surface area (Å²) in [4.78, 5) is 28.9. The molecule has 1 amide bonds. The van der Waals surface area contributed by atoms with Crippen molar-refractivity contribution in [2.45, 2.75) is 26.7 Å². The molecule has 1 aromatic rings. The van der Waals surface area contributed by atoms with Crippen LogP contribution in [0, 0.1) is 0 Å². The van der Waals surface area contributed by atoms with Crippen molar-refractivity contribution in [3.63, 3.8) is 0 Å². The minimum atomic E-state index is -0.530. The lowest BCUT2D eigenvalue weighted by atomic mass is 10.1. The lowest BCUT2D eigenvalue weighted by Gasteiger charge is -2.13. The van der Waals surface area contributed by atoms with Crippen LogP contribution in [-0.4, -0.2) is 24.3 Å². The number of carbonyl (C=O) groups is 2. The number of anilines is 1. The lowest BCUT2D eigenvalue weighted by molar-refractivity contribution is -0.137. The molecule has 1 aromatic carbocycles. The Morgan fingerprint density at radius 1 is 1.38 bits per heavy atom. The average Bonchev–Trinajstić information content (AvgIpc) is 2.68. The fraction of sp³-hybridized carbons (Fsp3) is 0.278. The number of allylic oxidation sites excluding steroid dienone is 2. The molecule has 1 heterocycles. The molecule has 1 aliphatic heterocycles. The number of ether oxygens (including phenoxy) is 1. The molecule has 6 heteroatoms. The third-order valence-corrected chi connectivity index (χ3v) is 3.38. The average molecular weight is 327 g/mol. The summed E-state index contributed by atoms with van der Waals surface area (Å²) in [6, 6.07) is 7.37. The number of nitrogens with one attached hydrogen (secondary N) is 2. The zero-order valence-electron chi connectivity index (χ0n) is 13.9. The predicted molar refractivity (Wildman–Crippen MR) is 94.1 cm³/mol. The Kier molecular flexibility index (Phi) is 5.89. The van der Waals surface area contributed by atoms with E-state index in [0.29, 0.717) is 17.8 Å². The number of rotatable bonds is 5. The fourth-order valence-electron chi connectivity index (χ4n) is 2.27. The molecule has 0 fully saturated rings. The van der Waals surface area contributed by atoms with E-state index >= 15 is 0 Å². The number of fused-ring (bicyclic) bond motifs is 1. The number of aliphatic imine (C=N–C) groups is 1. The van der Waals surface area contributed by atoms with Crippen molar-refractivity contribution in [1.29, 1.82) is 0 Å². The van der Waals surface area contributed by atoms with Gasteiger partial charge in [0.15, 0.2) is 0 Å². The maximum absolute atomic E-state index is 12.3. The van der Waals surface area contributed by atoms with Gasteiger partial charge in [-0.3, -0.25) is 4.79 Å². The Morgan fingerprint density at radius 3 is 2.83 bits per heavy atom. The molecule has 0 atom stereocenters. The van der Waals surface area contributed by atoms with Gasteiger partial charge in [-0.1, -0.05) is 18.2 Å². The second kappa shape index (κ2) is 8.10. The SMILES string of the molecule is C=CCCC(=O)NC1=Nc2ccccc2NC(C)=C1C(=O)OCC.